The second-order valence-electron chi connectivity index (χ2n) is 4.54. The largest absolute Gasteiger partial charge is 0.417 e. The molecule has 21 heavy (non-hydrogen) atoms. The number of hydrogen-bond donors (Lipinski definition) is 0. The minimum atomic E-state index is -4.53. The lowest BCUT2D eigenvalue weighted by Gasteiger charge is -2.10. The number of benzene rings is 2. The highest BCUT2D eigenvalue weighted by atomic mass is 79.9. The lowest BCUT2D eigenvalue weighted by molar-refractivity contribution is -0.138. The van der Waals surface area contributed by atoms with Gasteiger partial charge in [-0.2, -0.15) is 13.2 Å². The zero-order valence-corrected chi connectivity index (χ0v) is 12.6. The van der Waals surface area contributed by atoms with Crippen molar-refractivity contribution in [2.75, 3.05) is 0 Å². The molecule has 2 aromatic rings. The Morgan fingerprint density at radius 3 is 2.38 bits per heavy atom. The molecule has 0 saturated heterocycles. The van der Waals surface area contributed by atoms with Gasteiger partial charge in [-0.1, -0.05) is 46.3 Å². The molecule has 0 radical (unpaired) electrons. The maximum atomic E-state index is 14.2. The van der Waals surface area contributed by atoms with Gasteiger partial charge in [0.2, 0.25) is 0 Å². The first-order chi connectivity index (χ1) is 9.79. The normalized spacial score (nSPS) is 12.6. The van der Waals surface area contributed by atoms with Crippen molar-refractivity contribution in [1.29, 1.82) is 0 Å². The third kappa shape index (κ3) is 3.73. The second kappa shape index (κ2) is 6.02. The van der Waals surface area contributed by atoms with Crippen LogP contribution in [0, 0.1) is 6.92 Å². The first kappa shape index (κ1) is 15.8. The van der Waals surface area contributed by atoms with Gasteiger partial charge in [0.05, 0.1) is 5.56 Å². The number of halogens is 5. The van der Waals surface area contributed by atoms with Gasteiger partial charge in [-0.15, -0.1) is 0 Å². The highest BCUT2D eigenvalue weighted by molar-refractivity contribution is 9.10. The fourth-order valence-electron chi connectivity index (χ4n) is 1.86. The molecule has 0 aliphatic carbocycles. The molecule has 110 valence electrons. The lowest BCUT2D eigenvalue weighted by atomic mass is 10.0. The quantitative estimate of drug-likeness (QED) is 0.440. The molecule has 0 heterocycles. The third-order valence-electron chi connectivity index (χ3n) is 3.02. The predicted molar refractivity (Wildman–Crippen MR) is 79.3 cm³/mol. The Kier molecular flexibility index (Phi) is 4.52. The molecule has 0 aromatic heterocycles. The second-order valence-corrected chi connectivity index (χ2v) is 5.40. The van der Waals surface area contributed by atoms with Crippen LogP contribution in [0.4, 0.5) is 17.6 Å². The van der Waals surface area contributed by atoms with Crippen molar-refractivity contribution in [3.63, 3.8) is 0 Å². The van der Waals surface area contributed by atoms with Crippen LogP contribution in [-0.4, -0.2) is 0 Å². The van der Waals surface area contributed by atoms with Crippen LogP contribution in [0.2, 0.25) is 0 Å². The summed E-state index contributed by atoms with van der Waals surface area (Å²) < 4.78 is 52.5. The molecule has 0 N–H and O–H groups in total. The van der Waals surface area contributed by atoms with Gasteiger partial charge >= 0.3 is 6.18 Å². The monoisotopic (exact) mass is 358 g/mol. The van der Waals surface area contributed by atoms with Gasteiger partial charge in [0.1, 0.15) is 5.83 Å². The van der Waals surface area contributed by atoms with Crippen molar-refractivity contribution in [1.82, 2.24) is 0 Å². The first-order valence-electron chi connectivity index (χ1n) is 6.09. The van der Waals surface area contributed by atoms with Crippen molar-refractivity contribution < 1.29 is 17.6 Å². The minimum Gasteiger partial charge on any atom is -0.206 e. The Hall–Kier alpha value is -1.62. The van der Waals surface area contributed by atoms with E-state index < -0.39 is 17.6 Å². The van der Waals surface area contributed by atoms with E-state index in [-0.39, 0.29) is 10.0 Å². The van der Waals surface area contributed by atoms with Gasteiger partial charge in [0.25, 0.3) is 0 Å². The van der Waals surface area contributed by atoms with E-state index >= 15 is 0 Å². The number of hydrogen-bond acceptors (Lipinski definition) is 0. The van der Waals surface area contributed by atoms with Gasteiger partial charge in [-0.05, 0) is 36.3 Å². The van der Waals surface area contributed by atoms with Crippen molar-refractivity contribution in [2.45, 2.75) is 13.1 Å². The van der Waals surface area contributed by atoms with Crippen molar-refractivity contribution in [2.24, 2.45) is 0 Å². The summed E-state index contributed by atoms with van der Waals surface area (Å²) in [6, 6.07) is 10.4. The van der Waals surface area contributed by atoms with E-state index in [0.29, 0.717) is 5.56 Å². The van der Waals surface area contributed by atoms with E-state index in [4.69, 9.17) is 0 Å². The van der Waals surface area contributed by atoms with E-state index in [1.165, 1.54) is 18.2 Å². The van der Waals surface area contributed by atoms with Crippen LogP contribution >= 0.6 is 15.9 Å². The van der Waals surface area contributed by atoms with Gasteiger partial charge < -0.3 is 0 Å². The number of rotatable bonds is 2. The van der Waals surface area contributed by atoms with E-state index in [0.717, 1.165) is 11.6 Å². The highest BCUT2D eigenvalue weighted by Gasteiger charge is 2.33. The van der Waals surface area contributed by atoms with Crippen molar-refractivity contribution >= 4 is 27.8 Å². The summed E-state index contributed by atoms with van der Waals surface area (Å²) in [6.07, 6.45) is -3.30. The van der Waals surface area contributed by atoms with E-state index in [1.54, 1.807) is 12.1 Å². The summed E-state index contributed by atoms with van der Waals surface area (Å²) in [7, 11) is 0. The van der Waals surface area contributed by atoms with Gasteiger partial charge in [-0.25, -0.2) is 4.39 Å². The Labute approximate surface area is 128 Å². The summed E-state index contributed by atoms with van der Waals surface area (Å²) in [6.45, 7) is 1.81. The maximum absolute atomic E-state index is 14.2. The Morgan fingerprint density at radius 2 is 1.76 bits per heavy atom. The van der Waals surface area contributed by atoms with E-state index in [1.807, 2.05) is 19.1 Å². The van der Waals surface area contributed by atoms with Crippen LogP contribution in [0.5, 0.6) is 0 Å². The standard InChI is InChI=1S/C16H11BrF4/c1-10-4-2-3-5-11(10)9-15(18)12-6-7-14(17)13(8-12)16(19,20)21/h2-9H,1H3. The fourth-order valence-corrected chi connectivity index (χ4v) is 2.33. The molecular formula is C16H11BrF4. The molecule has 0 atom stereocenters. The van der Waals surface area contributed by atoms with E-state index in [9.17, 15) is 17.6 Å². The average Bonchev–Trinajstić information content (AvgIpc) is 2.40. The van der Waals surface area contributed by atoms with Crippen LogP contribution in [0.25, 0.3) is 11.9 Å². The summed E-state index contributed by atoms with van der Waals surface area (Å²) in [5, 5.41) is 0. The van der Waals surface area contributed by atoms with Crippen LogP contribution in [0.15, 0.2) is 46.9 Å². The van der Waals surface area contributed by atoms with Crippen LogP contribution < -0.4 is 0 Å². The summed E-state index contributed by atoms with van der Waals surface area (Å²) in [4.78, 5) is 0. The van der Waals surface area contributed by atoms with E-state index in [2.05, 4.69) is 15.9 Å². The van der Waals surface area contributed by atoms with Gasteiger partial charge in [0.15, 0.2) is 0 Å². The molecule has 0 nitrogen and oxygen atoms in total. The summed E-state index contributed by atoms with van der Waals surface area (Å²) in [5.74, 6) is -0.706. The molecule has 5 heteroatoms. The number of aryl methyl sites for hydroxylation is 1. The molecule has 0 aliphatic rings. The Bertz CT molecular complexity index is 687. The zero-order valence-electron chi connectivity index (χ0n) is 11.0. The Morgan fingerprint density at radius 1 is 1.10 bits per heavy atom. The van der Waals surface area contributed by atoms with Crippen LogP contribution in [-0.2, 0) is 6.18 Å². The molecule has 0 amide bonds. The third-order valence-corrected chi connectivity index (χ3v) is 3.71. The molecule has 0 unspecified atom stereocenters. The summed E-state index contributed by atoms with van der Waals surface area (Å²) >= 11 is 2.83. The molecular weight excluding hydrogens is 348 g/mol. The van der Waals surface area contributed by atoms with Gasteiger partial charge in [-0.3, -0.25) is 0 Å². The molecule has 0 fully saturated rings. The van der Waals surface area contributed by atoms with Crippen molar-refractivity contribution in [3.05, 3.63) is 69.2 Å². The van der Waals surface area contributed by atoms with Crippen LogP contribution in [0.1, 0.15) is 22.3 Å². The molecule has 2 rings (SSSR count). The predicted octanol–water partition coefficient (Wildman–Crippen LogP) is 6.24. The maximum Gasteiger partial charge on any atom is 0.417 e. The topological polar surface area (TPSA) is 0 Å². The highest BCUT2D eigenvalue weighted by Crippen LogP contribution is 2.36. The minimum absolute atomic E-state index is 0.103. The SMILES string of the molecule is Cc1ccccc1C=C(F)c1ccc(Br)c(C(F)(F)F)c1. The molecule has 0 saturated carbocycles. The first-order valence-corrected chi connectivity index (χ1v) is 6.88. The average molecular weight is 359 g/mol. The summed E-state index contributed by atoms with van der Waals surface area (Å²) in [5.41, 5.74) is 0.481. The lowest BCUT2D eigenvalue weighted by Crippen LogP contribution is -2.06. The molecule has 2 aromatic carbocycles. The number of alkyl halides is 3. The fraction of sp³-hybridized carbons (Fsp3) is 0.125. The molecule has 0 bridgehead atoms. The van der Waals surface area contributed by atoms with Crippen LogP contribution in [0.3, 0.4) is 0 Å². The molecule has 0 spiro atoms. The zero-order chi connectivity index (χ0) is 15.6. The Balaban J connectivity index is 2.45. The molecule has 0 aliphatic heterocycles. The van der Waals surface area contributed by atoms with Crippen molar-refractivity contribution in [3.8, 4) is 0 Å². The smallest absolute Gasteiger partial charge is 0.206 e. The van der Waals surface area contributed by atoms with Gasteiger partial charge in [0, 0.05) is 10.0 Å².